The van der Waals surface area contributed by atoms with Crippen molar-refractivity contribution in [2.24, 2.45) is 5.92 Å². The van der Waals surface area contributed by atoms with E-state index in [4.69, 9.17) is 0 Å². The second-order valence-corrected chi connectivity index (χ2v) is 7.67. The van der Waals surface area contributed by atoms with E-state index in [-0.39, 0.29) is 6.04 Å². The third-order valence-corrected chi connectivity index (χ3v) is 5.09. The highest BCUT2D eigenvalue weighted by molar-refractivity contribution is 7.89. The fourth-order valence-electron chi connectivity index (χ4n) is 2.32. The summed E-state index contributed by atoms with van der Waals surface area (Å²) in [5.41, 5.74) is 0.793. The number of sulfonamides is 1. The summed E-state index contributed by atoms with van der Waals surface area (Å²) in [6.07, 6.45) is 3.04. The lowest BCUT2D eigenvalue weighted by molar-refractivity contribution is 0.488. The SMILES string of the molecule is CNCc1ccccc1S(=O)(=O)NC(C)CCCC(C)C. The molecule has 0 bridgehead atoms. The first kappa shape index (κ1) is 18.1. The Labute approximate surface area is 129 Å². The molecule has 4 nitrogen and oxygen atoms in total. The van der Waals surface area contributed by atoms with Crippen LogP contribution in [0.1, 0.15) is 45.6 Å². The molecule has 1 unspecified atom stereocenters. The number of hydrogen-bond acceptors (Lipinski definition) is 3. The van der Waals surface area contributed by atoms with Gasteiger partial charge in [-0.3, -0.25) is 0 Å². The molecular formula is C16H28N2O2S. The molecule has 0 fully saturated rings. The van der Waals surface area contributed by atoms with Crippen molar-refractivity contribution in [3.63, 3.8) is 0 Å². The molecule has 1 aromatic carbocycles. The quantitative estimate of drug-likeness (QED) is 0.737. The predicted octanol–water partition coefficient (Wildman–Crippen LogP) is 2.90. The number of hydrogen-bond donors (Lipinski definition) is 2. The van der Waals surface area contributed by atoms with Crippen molar-refractivity contribution in [3.05, 3.63) is 29.8 Å². The minimum absolute atomic E-state index is 0.0450. The summed E-state index contributed by atoms with van der Waals surface area (Å²) >= 11 is 0. The highest BCUT2D eigenvalue weighted by Crippen LogP contribution is 2.17. The molecule has 0 spiro atoms. The van der Waals surface area contributed by atoms with Crippen LogP contribution in [0.4, 0.5) is 0 Å². The van der Waals surface area contributed by atoms with Crippen LogP contribution >= 0.6 is 0 Å². The summed E-state index contributed by atoms with van der Waals surface area (Å²) < 4.78 is 27.8. The van der Waals surface area contributed by atoms with E-state index in [1.54, 1.807) is 12.1 Å². The predicted molar refractivity (Wildman–Crippen MR) is 87.7 cm³/mol. The van der Waals surface area contributed by atoms with Crippen LogP contribution in [0.2, 0.25) is 0 Å². The first-order valence-electron chi connectivity index (χ1n) is 7.61. The van der Waals surface area contributed by atoms with Gasteiger partial charge in [-0.1, -0.05) is 44.9 Å². The zero-order valence-electron chi connectivity index (χ0n) is 13.5. The molecule has 0 amide bonds. The zero-order valence-corrected chi connectivity index (χ0v) is 14.3. The fourth-order valence-corrected chi connectivity index (χ4v) is 3.84. The Morgan fingerprint density at radius 1 is 1.10 bits per heavy atom. The van der Waals surface area contributed by atoms with Crippen LogP contribution in [-0.4, -0.2) is 21.5 Å². The molecule has 0 saturated carbocycles. The van der Waals surface area contributed by atoms with Crippen LogP contribution < -0.4 is 10.0 Å². The maximum absolute atomic E-state index is 12.5. The number of rotatable bonds is 9. The lowest BCUT2D eigenvalue weighted by atomic mass is 10.0. The van der Waals surface area contributed by atoms with Gasteiger partial charge in [-0.15, -0.1) is 0 Å². The van der Waals surface area contributed by atoms with Crippen molar-refractivity contribution >= 4 is 10.0 Å². The molecule has 21 heavy (non-hydrogen) atoms. The van der Waals surface area contributed by atoms with Gasteiger partial charge in [-0.05, 0) is 37.9 Å². The molecule has 0 saturated heterocycles. The Balaban J connectivity index is 2.73. The van der Waals surface area contributed by atoms with Crippen LogP contribution in [0.25, 0.3) is 0 Å². The molecule has 0 radical (unpaired) electrons. The first-order valence-corrected chi connectivity index (χ1v) is 9.10. The minimum Gasteiger partial charge on any atom is -0.316 e. The normalized spacial score (nSPS) is 13.6. The van der Waals surface area contributed by atoms with Crippen LogP contribution in [0, 0.1) is 5.92 Å². The van der Waals surface area contributed by atoms with Crippen molar-refractivity contribution in [3.8, 4) is 0 Å². The standard InChI is InChI=1S/C16H28N2O2S/c1-13(2)8-7-9-14(3)18-21(19,20)16-11-6-5-10-15(16)12-17-4/h5-6,10-11,13-14,17-18H,7-9,12H2,1-4H3. The van der Waals surface area contributed by atoms with Gasteiger partial charge in [0.2, 0.25) is 10.0 Å². The van der Waals surface area contributed by atoms with Gasteiger partial charge in [0.05, 0.1) is 4.90 Å². The molecule has 1 atom stereocenters. The zero-order chi connectivity index (χ0) is 15.9. The average Bonchev–Trinajstić information content (AvgIpc) is 2.38. The Kier molecular flexibility index (Phi) is 7.35. The second-order valence-electron chi connectivity index (χ2n) is 5.99. The van der Waals surface area contributed by atoms with E-state index in [0.29, 0.717) is 17.4 Å². The summed E-state index contributed by atoms with van der Waals surface area (Å²) in [7, 11) is -1.64. The van der Waals surface area contributed by atoms with E-state index < -0.39 is 10.0 Å². The van der Waals surface area contributed by atoms with E-state index in [2.05, 4.69) is 23.9 Å². The van der Waals surface area contributed by atoms with Gasteiger partial charge >= 0.3 is 0 Å². The Bertz CT molecular complexity index is 527. The topological polar surface area (TPSA) is 58.2 Å². The van der Waals surface area contributed by atoms with E-state index in [0.717, 1.165) is 24.8 Å². The van der Waals surface area contributed by atoms with E-state index >= 15 is 0 Å². The van der Waals surface area contributed by atoms with Crippen molar-refractivity contribution in [1.82, 2.24) is 10.0 Å². The highest BCUT2D eigenvalue weighted by Gasteiger charge is 2.20. The van der Waals surface area contributed by atoms with E-state index in [9.17, 15) is 8.42 Å². The van der Waals surface area contributed by atoms with Crippen LogP contribution in [0.15, 0.2) is 29.2 Å². The number of benzene rings is 1. The molecule has 1 rings (SSSR count). The van der Waals surface area contributed by atoms with Gasteiger partial charge in [-0.2, -0.15) is 0 Å². The summed E-state index contributed by atoms with van der Waals surface area (Å²) in [6.45, 7) is 6.84. The maximum Gasteiger partial charge on any atom is 0.241 e. The van der Waals surface area contributed by atoms with Crippen LogP contribution in [0.5, 0.6) is 0 Å². The van der Waals surface area contributed by atoms with Crippen molar-refractivity contribution in [1.29, 1.82) is 0 Å². The largest absolute Gasteiger partial charge is 0.316 e. The molecule has 0 aliphatic rings. The molecule has 5 heteroatoms. The van der Waals surface area contributed by atoms with Gasteiger partial charge in [-0.25, -0.2) is 13.1 Å². The van der Waals surface area contributed by atoms with Gasteiger partial charge < -0.3 is 5.32 Å². The van der Waals surface area contributed by atoms with Crippen molar-refractivity contribution < 1.29 is 8.42 Å². The third-order valence-electron chi connectivity index (χ3n) is 3.40. The molecule has 120 valence electrons. The molecular weight excluding hydrogens is 284 g/mol. The molecule has 0 heterocycles. The Morgan fingerprint density at radius 3 is 2.38 bits per heavy atom. The molecule has 0 aromatic heterocycles. The number of nitrogens with one attached hydrogen (secondary N) is 2. The van der Waals surface area contributed by atoms with Gasteiger partial charge in [0.15, 0.2) is 0 Å². The summed E-state index contributed by atoms with van der Waals surface area (Å²) in [5.74, 6) is 0.658. The monoisotopic (exact) mass is 312 g/mol. The summed E-state index contributed by atoms with van der Waals surface area (Å²) in [5, 5.41) is 3.00. The second kappa shape index (κ2) is 8.51. The minimum atomic E-state index is -3.45. The van der Waals surface area contributed by atoms with Crippen molar-refractivity contribution in [2.45, 2.75) is 57.5 Å². The maximum atomic E-state index is 12.5. The van der Waals surface area contributed by atoms with E-state index in [1.165, 1.54) is 0 Å². The average molecular weight is 312 g/mol. The lowest BCUT2D eigenvalue weighted by Crippen LogP contribution is -2.33. The highest BCUT2D eigenvalue weighted by atomic mass is 32.2. The first-order chi connectivity index (χ1) is 9.86. The third kappa shape index (κ3) is 6.16. The summed E-state index contributed by atoms with van der Waals surface area (Å²) in [6, 6.07) is 7.08. The molecule has 0 aliphatic carbocycles. The van der Waals surface area contributed by atoms with E-state index in [1.807, 2.05) is 26.1 Å². The van der Waals surface area contributed by atoms with Crippen LogP contribution in [0.3, 0.4) is 0 Å². The van der Waals surface area contributed by atoms with Gasteiger partial charge in [0.25, 0.3) is 0 Å². The van der Waals surface area contributed by atoms with Gasteiger partial charge in [0.1, 0.15) is 0 Å². The molecule has 2 N–H and O–H groups in total. The van der Waals surface area contributed by atoms with Crippen LogP contribution in [-0.2, 0) is 16.6 Å². The Hall–Kier alpha value is -0.910. The molecule has 1 aromatic rings. The van der Waals surface area contributed by atoms with Gasteiger partial charge in [0, 0.05) is 12.6 Å². The Morgan fingerprint density at radius 2 is 1.76 bits per heavy atom. The summed E-state index contributed by atoms with van der Waals surface area (Å²) in [4.78, 5) is 0.370. The molecule has 0 aliphatic heterocycles. The van der Waals surface area contributed by atoms with Crippen molar-refractivity contribution in [2.75, 3.05) is 7.05 Å². The lowest BCUT2D eigenvalue weighted by Gasteiger charge is -2.16. The fraction of sp³-hybridized carbons (Fsp3) is 0.625. The smallest absolute Gasteiger partial charge is 0.241 e.